The summed E-state index contributed by atoms with van der Waals surface area (Å²) in [5, 5.41) is 4.52. The smallest absolute Gasteiger partial charge is 0.139 e. The molecule has 1 rings (SSSR count). The van der Waals surface area contributed by atoms with E-state index in [1.165, 1.54) is 11.5 Å². The Balaban J connectivity index is 2.42. The topological polar surface area (TPSA) is 47.0 Å². The van der Waals surface area contributed by atoms with Crippen LogP contribution in [-0.2, 0) is 11.2 Å². The molecule has 0 bridgehead atoms. The second-order valence-electron chi connectivity index (χ2n) is 3.55. The molecule has 5 heteroatoms. The van der Waals surface area contributed by atoms with Crippen LogP contribution in [0.5, 0.6) is 0 Å². The van der Waals surface area contributed by atoms with Crippen LogP contribution < -0.4 is 5.32 Å². The number of nitrogens with zero attached hydrogens (tertiary/aromatic N) is 2. The summed E-state index contributed by atoms with van der Waals surface area (Å²) in [7, 11) is 1.73. The van der Waals surface area contributed by atoms with Crippen molar-refractivity contribution < 1.29 is 4.74 Å². The van der Waals surface area contributed by atoms with E-state index in [0.717, 1.165) is 36.8 Å². The fourth-order valence-electron chi connectivity index (χ4n) is 1.37. The summed E-state index contributed by atoms with van der Waals surface area (Å²) < 4.78 is 9.35. The van der Waals surface area contributed by atoms with Gasteiger partial charge in [-0.15, -0.1) is 0 Å². The molecule has 4 nitrogen and oxygen atoms in total. The maximum absolute atomic E-state index is 5.17. The maximum Gasteiger partial charge on any atom is 0.139 e. The summed E-state index contributed by atoms with van der Waals surface area (Å²) >= 11 is 1.48. The van der Waals surface area contributed by atoms with Crippen molar-refractivity contribution in [3.63, 3.8) is 0 Å². The van der Waals surface area contributed by atoms with Gasteiger partial charge in [-0.3, -0.25) is 0 Å². The van der Waals surface area contributed by atoms with Gasteiger partial charge in [-0.1, -0.05) is 6.92 Å². The molecule has 0 aliphatic carbocycles. The Bertz CT molecular complexity index is 277. The van der Waals surface area contributed by atoms with Gasteiger partial charge in [0.15, 0.2) is 0 Å². The average Bonchev–Trinajstić information content (AvgIpc) is 2.61. The molecule has 0 saturated heterocycles. The van der Waals surface area contributed by atoms with E-state index in [1.54, 1.807) is 7.11 Å². The lowest BCUT2D eigenvalue weighted by Crippen LogP contribution is -2.35. The van der Waals surface area contributed by atoms with E-state index in [-0.39, 0.29) is 0 Å². The van der Waals surface area contributed by atoms with Gasteiger partial charge in [-0.2, -0.15) is 4.37 Å². The largest absolute Gasteiger partial charge is 0.383 e. The first-order valence-electron chi connectivity index (χ1n) is 5.27. The van der Waals surface area contributed by atoms with Crippen molar-refractivity contribution in [3.05, 3.63) is 10.8 Å². The number of nitrogens with one attached hydrogen (secondary N) is 1. The van der Waals surface area contributed by atoms with E-state index in [0.29, 0.717) is 6.04 Å². The Hall–Kier alpha value is -0.520. The number of rotatable bonds is 7. The second-order valence-corrected chi connectivity index (χ2v) is 4.38. The van der Waals surface area contributed by atoms with Gasteiger partial charge in [-0.25, -0.2) is 4.98 Å². The number of aryl methyl sites for hydroxylation is 1. The SMILES string of the molecule is CCCNC(COC)Cc1nc(C)ns1. The van der Waals surface area contributed by atoms with Gasteiger partial charge in [-0.05, 0) is 31.4 Å². The van der Waals surface area contributed by atoms with E-state index in [9.17, 15) is 0 Å². The van der Waals surface area contributed by atoms with Crippen LogP contribution in [-0.4, -0.2) is 35.7 Å². The van der Waals surface area contributed by atoms with Crippen LogP contribution >= 0.6 is 11.5 Å². The molecule has 86 valence electrons. The highest BCUT2D eigenvalue weighted by Crippen LogP contribution is 2.07. The molecule has 15 heavy (non-hydrogen) atoms. The number of ether oxygens (including phenoxy) is 1. The first-order chi connectivity index (χ1) is 7.26. The van der Waals surface area contributed by atoms with Crippen LogP contribution in [0.15, 0.2) is 0 Å². The van der Waals surface area contributed by atoms with Crippen LogP contribution in [0.25, 0.3) is 0 Å². The number of hydrogen-bond acceptors (Lipinski definition) is 5. The van der Waals surface area contributed by atoms with Crippen molar-refractivity contribution in [1.29, 1.82) is 0 Å². The zero-order valence-corrected chi connectivity index (χ0v) is 10.4. The highest BCUT2D eigenvalue weighted by molar-refractivity contribution is 7.05. The molecule has 1 unspecified atom stereocenters. The minimum Gasteiger partial charge on any atom is -0.383 e. The quantitative estimate of drug-likeness (QED) is 0.768. The maximum atomic E-state index is 5.17. The van der Waals surface area contributed by atoms with Gasteiger partial charge >= 0.3 is 0 Å². The van der Waals surface area contributed by atoms with E-state index in [1.807, 2.05) is 6.92 Å². The first kappa shape index (κ1) is 12.5. The Morgan fingerprint density at radius 3 is 2.87 bits per heavy atom. The highest BCUT2D eigenvalue weighted by atomic mass is 32.1. The lowest BCUT2D eigenvalue weighted by atomic mass is 10.2. The highest BCUT2D eigenvalue weighted by Gasteiger charge is 2.11. The van der Waals surface area contributed by atoms with Gasteiger partial charge in [0.2, 0.25) is 0 Å². The van der Waals surface area contributed by atoms with E-state index in [4.69, 9.17) is 4.74 Å². The van der Waals surface area contributed by atoms with Crippen LogP contribution in [0.1, 0.15) is 24.2 Å². The van der Waals surface area contributed by atoms with Crippen LogP contribution in [0, 0.1) is 6.92 Å². The lowest BCUT2D eigenvalue weighted by Gasteiger charge is -2.15. The Morgan fingerprint density at radius 2 is 2.33 bits per heavy atom. The van der Waals surface area contributed by atoms with Crippen molar-refractivity contribution >= 4 is 11.5 Å². The first-order valence-corrected chi connectivity index (χ1v) is 6.05. The third-order valence-corrected chi connectivity index (χ3v) is 2.87. The molecule has 0 aliphatic rings. The van der Waals surface area contributed by atoms with Crippen molar-refractivity contribution in [2.45, 2.75) is 32.7 Å². The summed E-state index contributed by atoms with van der Waals surface area (Å²) in [6.45, 7) is 5.82. The molecule has 1 atom stereocenters. The molecule has 0 aliphatic heterocycles. The van der Waals surface area contributed by atoms with Crippen molar-refractivity contribution in [2.75, 3.05) is 20.3 Å². The van der Waals surface area contributed by atoms with E-state index in [2.05, 4.69) is 21.6 Å². The lowest BCUT2D eigenvalue weighted by molar-refractivity contribution is 0.166. The number of hydrogen-bond donors (Lipinski definition) is 1. The molecular formula is C10H19N3OS. The summed E-state index contributed by atoms with van der Waals surface area (Å²) in [5.41, 5.74) is 0. The third-order valence-electron chi connectivity index (χ3n) is 2.04. The third kappa shape index (κ3) is 4.68. The van der Waals surface area contributed by atoms with Crippen molar-refractivity contribution in [1.82, 2.24) is 14.7 Å². The summed E-state index contributed by atoms with van der Waals surface area (Å²) in [5.74, 6) is 0.863. The Kier molecular flexibility index (Phi) is 5.75. The molecule has 1 aromatic rings. The predicted octanol–water partition coefficient (Wildman–Crippen LogP) is 1.40. The minimum atomic E-state index is 0.349. The van der Waals surface area contributed by atoms with E-state index >= 15 is 0 Å². The van der Waals surface area contributed by atoms with Crippen LogP contribution in [0.3, 0.4) is 0 Å². The molecule has 0 fully saturated rings. The molecule has 1 N–H and O–H groups in total. The van der Waals surface area contributed by atoms with Crippen LogP contribution in [0.4, 0.5) is 0 Å². The molecule has 0 saturated carbocycles. The molecule has 0 aromatic carbocycles. The zero-order valence-electron chi connectivity index (χ0n) is 9.62. The normalized spacial score (nSPS) is 13.0. The number of methoxy groups -OCH3 is 1. The van der Waals surface area contributed by atoms with Crippen LogP contribution in [0.2, 0.25) is 0 Å². The number of aromatic nitrogens is 2. The molecule has 0 radical (unpaired) electrons. The van der Waals surface area contributed by atoms with Gasteiger partial charge < -0.3 is 10.1 Å². The molecular weight excluding hydrogens is 210 g/mol. The van der Waals surface area contributed by atoms with E-state index < -0.39 is 0 Å². The van der Waals surface area contributed by atoms with Gasteiger partial charge in [0.05, 0.1) is 6.61 Å². The average molecular weight is 229 g/mol. The predicted molar refractivity (Wildman–Crippen MR) is 62.3 cm³/mol. The van der Waals surface area contributed by atoms with Crippen molar-refractivity contribution in [2.24, 2.45) is 0 Å². The summed E-state index contributed by atoms with van der Waals surface area (Å²) in [6.07, 6.45) is 2.04. The summed E-state index contributed by atoms with van der Waals surface area (Å²) in [6, 6.07) is 0.349. The fraction of sp³-hybridized carbons (Fsp3) is 0.800. The minimum absolute atomic E-state index is 0.349. The standard InChI is InChI=1S/C10H19N3OS/c1-4-5-11-9(7-14-3)6-10-12-8(2)13-15-10/h9,11H,4-7H2,1-3H3. The molecule has 0 spiro atoms. The Morgan fingerprint density at radius 1 is 1.53 bits per heavy atom. The fourth-order valence-corrected chi connectivity index (χ4v) is 2.10. The monoisotopic (exact) mass is 229 g/mol. The van der Waals surface area contributed by atoms with Gasteiger partial charge in [0, 0.05) is 19.6 Å². The van der Waals surface area contributed by atoms with Gasteiger partial charge in [0.1, 0.15) is 10.8 Å². The van der Waals surface area contributed by atoms with Crippen molar-refractivity contribution in [3.8, 4) is 0 Å². The molecule has 1 heterocycles. The molecule has 1 aromatic heterocycles. The zero-order chi connectivity index (χ0) is 11.1. The second kappa shape index (κ2) is 6.87. The summed E-state index contributed by atoms with van der Waals surface area (Å²) in [4.78, 5) is 4.35. The Labute approximate surface area is 95.2 Å². The van der Waals surface area contributed by atoms with Gasteiger partial charge in [0.25, 0.3) is 0 Å². The molecule has 0 amide bonds.